The zero-order valence-corrected chi connectivity index (χ0v) is 57.5. The highest BCUT2D eigenvalue weighted by atomic mass is 16.6. The number of nitrogens with two attached hydrogens (primary N) is 1. The topological polar surface area (TPSA) is 332 Å². The third-order valence-corrected chi connectivity index (χ3v) is 18.9. The molecule has 94 heavy (non-hydrogen) atoms. The highest BCUT2D eigenvalue weighted by Crippen LogP contribution is 2.38. The number of rotatable bonds is 25. The summed E-state index contributed by atoms with van der Waals surface area (Å²) >= 11 is 0. The summed E-state index contributed by atoms with van der Waals surface area (Å²) < 4.78 is 57.4. The number of methoxy groups -OCH3 is 2. The number of hydrogen-bond donors (Lipinski definition) is 7. The highest BCUT2D eigenvalue weighted by Gasteiger charge is 2.53. The number of amides is 3. The summed E-state index contributed by atoms with van der Waals surface area (Å²) in [5, 5.41) is 52.4. The lowest BCUT2D eigenvalue weighted by Crippen LogP contribution is -2.61. The average Bonchev–Trinajstić information content (AvgIpc) is 0.779. The van der Waals surface area contributed by atoms with Gasteiger partial charge >= 0.3 is 12.1 Å². The van der Waals surface area contributed by atoms with Crippen molar-refractivity contribution in [2.24, 2.45) is 35.3 Å². The number of ketones is 2. The quantitative estimate of drug-likeness (QED) is 0.0288. The number of nitrogens with zero attached hydrogens (tertiary/aromatic N) is 2. The minimum Gasteiger partial charge on any atom is -0.459 e. The monoisotopic (exact) mass is 1330 g/mol. The van der Waals surface area contributed by atoms with Gasteiger partial charge in [-0.1, -0.05) is 64.2 Å². The average molecular weight is 1330 g/mol. The first-order valence-corrected chi connectivity index (χ1v) is 34.4. The zero-order valence-electron chi connectivity index (χ0n) is 57.5. The molecule has 25 heteroatoms. The Labute approximate surface area is 557 Å². The molecule has 1 saturated carbocycles. The molecule has 0 aromatic rings. The van der Waals surface area contributed by atoms with Crippen LogP contribution in [0.1, 0.15) is 138 Å². The molecule has 1 aliphatic carbocycles. The van der Waals surface area contributed by atoms with Gasteiger partial charge in [-0.2, -0.15) is 0 Å². The Morgan fingerprint density at radius 2 is 1.39 bits per heavy atom. The number of carbonyl (C=O) groups excluding carboxylic acids is 6. The summed E-state index contributed by atoms with van der Waals surface area (Å²) in [6.07, 6.45) is 7.81. The molecule has 5 aliphatic rings. The second-order valence-corrected chi connectivity index (χ2v) is 26.3. The Bertz CT molecular complexity index is 2440. The number of ether oxygens (including phenoxy) is 10. The van der Waals surface area contributed by atoms with Crippen molar-refractivity contribution in [1.82, 2.24) is 20.4 Å². The molecule has 536 valence electrons. The van der Waals surface area contributed by atoms with E-state index in [9.17, 15) is 49.2 Å². The molecular weight excluding hydrogens is 1220 g/mol. The number of esters is 1. The molecule has 8 N–H and O–H groups in total. The van der Waals surface area contributed by atoms with E-state index in [-0.39, 0.29) is 68.1 Å². The van der Waals surface area contributed by atoms with Crippen molar-refractivity contribution in [1.29, 1.82) is 0 Å². The predicted molar refractivity (Wildman–Crippen MR) is 350 cm³/mol. The van der Waals surface area contributed by atoms with E-state index in [2.05, 4.69) is 10.6 Å². The molecule has 2 bridgehead atoms. The van der Waals surface area contributed by atoms with Gasteiger partial charge in [-0.15, -0.1) is 0 Å². The largest absolute Gasteiger partial charge is 0.459 e. The third kappa shape index (κ3) is 26.3. The molecule has 0 aromatic heterocycles. The van der Waals surface area contributed by atoms with Gasteiger partial charge in [0.15, 0.2) is 5.78 Å². The van der Waals surface area contributed by atoms with E-state index in [0.717, 1.165) is 10.5 Å². The number of hydrogen-bond acceptors (Lipinski definition) is 22. The van der Waals surface area contributed by atoms with Gasteiger partial charge in [0, 0.05) is 89.7 Å². The summed E-state index contributed by atoms with van der Waals surface area (Å²) in [6, 6.07) is -2.30. The van der Waals surface area contributed by atoms with E-state index in [1.165, 1.54) is 0 Å². The van der Waals surface area contributed by atoms with Crippen LogP contribution < -0.4 is 16.4 Å². The van der Waals surface area contributed by atoms with Gasteiger partial charge in [-0.25, -0.2) is 9.59 Å². The number of aliphatic hydroxyl groups excluding tert-OH is 3. The van der Waals surface area contributed by atoms with Crippen LogP contribution in [0.3, 0.4) is 0 Å². The second-order valence-electron chi connectivity index (χ2n) is 26.3. The molecule has 25 nitrogen and oxygen atoms in total. The number of aliphatic hydroxyl groups is 4. The number of Topliss-reactive ketones (excluding diaryl/α,β-unsaturated/α-hetero) is 2. The van der Waals surface area contributed by atoms with Crippen LogP contribution in [0.2, 0.25) is 0 Å². The number of likely N-dealkylation sites (tertiary alicyclic amines) is 1. The lowest BCUT2D eigenvalue weighted by atomic mass is 9.80. The number of cyclic esters (lactones) is 1. The van der Waals surface area contributed by atoms with Crippen LogP contribution in [0.5, 0.6) is 0 Å². The minimum absolute atomic E-state index is 0.0230. The van der Waals surface area contributed by atoms with Crippen LogP contribution in [0.15, 0.2) is 47.6 Å². The van der Waals surface area contributed by atoms with Gasteiger partial charge in [0.2, 0.25) is 11.7 Å². The van der Waals surface area contributed by atoms with Gasteiger partial charge < -0.3 is 89.1 Å². The first kappa shape index (κ1) is 80.1. The van der Waals surface area contributed by atoms with Crippen molar-refractivity contribution in [2.45, 2.75) is 211 Å². The van der Waals surface area contributed by atoms with Crippen molar-refractivity contribution in [3.63, 3.8) is 0 Å². The second kappa shape index (κ2) is 42.3. The smallest absolute Gasteiger partial charge is 0.407 e. The number of carbonyl (C=O) groups is 6. The Hall–Kier alpha value is -4.58. The Morgan fingerprint density at radius 3 is 2.04 bits per heavy atom. The Morgan fingerprint density at radius 1 is 0.734 bits per heavy atom. The Balaban J connectivity index is 1.18. The molecule has 4 aliphatic heterocycles. The fraction of sp³-hybridized carbons (Fsp3) is 0.797. The van der Waals surface area contributed by atoms with Gasteiger partial charge in [0.25, 0.3) is 11.7 Å². The number of allylic oxidation sites excluding steroid dienone is 5. The molecule has 16 atom stereocenters. The van der Waals surface area contributed by atoms with Gasteiger partial charge in [-0.3, -0.25) is 24.1 Å². The van der Waals surface area contributed by atoms with Crippen molar-refractivity contribution in [3.8, 4) is 0 Å². The van der Waals surface area contributed by atoms with E-state index in [1.54, 1.807) is 48.0 Å². The lowest BCUT2D eigenvalue weighted by molar-refractivity contribution is -0.265. The fourth-order valence-corrected chi connectivity index (χ4v) is 13.0. The first-order valence-electron chi connectivity index (χ1n) is 34.4. The van der Waals surface area contributed by atoms with E-state index < -0.39 is 114 Å². The fourth-order valence-electron chi connectivity index (χ4n) is 13.0. The highest BCUT2D eigenvalue weighted by molar-refractivity contribution is 6.39. The standard InChI is InChI=1S/C69H115N5O20/c1-10-87-30-31-89-34-35-91-37-36-90-33-32-88-29-25-71-61(76)44-73-27-23-52(24-28-73)72-68(83)93-57-22-20-51(41-60(57)86-9)40-54(70)59-43-56(75)47(4)39-49(6)63(78)64(79)62(77)48(5)38-45(2)16-12-11-13-17-46(3)58(85-8)42-53-21-19-50(7)69(84,94-53)65(80)66(81)74-26-15-14-18-55(74)67(82)92-59/h11-13,16-17,39,45,47-48,50-60,63-64,75,78-79,84H,10,14-15,18-38,40-44,70H2,1-9H3,(H,71,76)(H,72,83)/b13-11+,16-12+,46-17+,49-39+/t45-,47-,48-,50-,51+,53+,54-,55+,56-,57-,58+,59+,60-,63-,64+,69-/m1/s1. The van der Waals surface area contributed by atoms with Crippen LogP contribution in [0.25, 0.3) is 0 Å². The SMILES string of the molecule is CCOCCOCCOCCOCCOCCNC(=O)CN1CCC(NC(=O)O[C@@H]2CC[C@@H](C[C@@H](N)[C@@H]3C[C@@H](O)[C@H](C)/C=C(\C)[C@@H](O)[C@@H](O)C(=O)[C@H](C)C[C@H](C)/C=C/C=C/C=C(\C)[C@@H](OC)C[C@@H]4CC[C@@H](C)[C@@](O)(O4)C(=O)C(=O)N4CCCC[C@H]4C(=O)O3)C[C@H]2OC)CC1. The first-order chi connectivity index (χ1) is 45.0. The van der Waals surface area contributed by atoms with Crippen molar-refractivity contribution < 1.29 is 96.6 Å². The van der Waals surface area contributed by atoms with E-state index >= 15 is 0 Å². The van der Waals surface area contributed by atoms with E-state index in [1.807, 2.05) is 56.1 Å². The minimum atomic E-state index is -2.49. The lowest BCUT2D eigenvalue weighted by Gasteiger charge is -2.42. The van der Waals surface area contributed by atoms with Crippen LogP contribution in [0, 0.1) is 29.6 Å². The van der Waals surface area contributed by atoms with Gasteiger partial charge in [0.1, 0.15) is 30.5 Å². The summed E-state index contributed by atoms with van der Waals surface area (Å²) in [5.41, 5.74) is 8.14. The van der Waals surface area contributed by atoms with Crippen molar-refractivity contribution >= 4 is 35.4 Å². The Kier molecular flexibility index (Phi) is 36.0. The van der Waals surface area contributed by atoms with Crippen molar-refractivity contribution in [3.05, 3.63) is 47.6 Å². The third-order valence-electron chi connectivity index (χ3n) is 18.9. The molecule has 0 unspecified atom stereocenters. The molecule has 0 spiro atoms. The maximum atomic E-state index is 14.7. The van der Waals surface area contributed by atoms with Crippen LogP contribution in [0.4, 0.5) is 4.79 Å². The predicted octanol–water partition coefficient (Wildman–Crippen LogP) is 4.43. The number of fused-ring (bicyclic) bond motifs is 3. The molecule has 5 rings (SSSR count). The number of nitrogens with one attached hydrogen (secondary N) is 2. The summed E-state index contributed by atoms with van der Waals surface area (Å²) in [5.74, 6) is -8.53. The molecule has 4 fully saturated rings. The summed E-state index contributed by atoms with van der Waals surface area (Å²) in [6.45, 7) is 19.0. The zero-order chi connectivity index (χ0) is 68.7. The van der Waals surface area contributed by atoms with Crippen LogP contribution >= 0.6 is 0 Å². The molecule has 0 aromatic carbocycles. The van der Waals surface area contributed by atoms with Crippen LogP contribution in [-0.2, 0) is 71.3 Å². The number of piperidine rings is 2. The summed E-state index contributed by atoms with van der Waals surface area (Å²) in [7, 11) is 3.10. The van der Waals surface area contributed by atoms with Crippen molar-refractivity contribution in [2.75, 3.05) is 113 Å². The molecule has 4 heterocycles. The number of alkyl carbamates (subject to hydrolysis) is 1. The van der Waals surface area contributed by atoms with Gasteiger partial charge in [0.05, 0.1) is 90.4 Å². The van der Waals surface area contributed by atoms with Crippen LogP contribution in [-0.4, -0.2) is 251 Å². The molecular formula is C69H115N5O20. The molecule has 0 radical (unpaired) electrons. The van der Waals surface area contributed by atoms with E-state index in [4.69, 9.17) is 53.1 Å². The maximum absolute atomic E-state index is 14.7. The molecule has 3 saturated heterocycles. The van der Waals surface area contributed by atoms with E-state index in [0.29, 0.717) is 150 Å². The maximum Gasteiger partial charge on any atom is 0.407 e. The molecule has 3 amide bonds. The van der Waals surface area contributed by atoms with Gasteiger partial charge in [-0.05, 0) is 121 Å². The normalized spacial score (nSPS) is 33.6. The summed E-state index contributed by atoms with van der Waals surface area (Å²) in [4.78, 5) is 86.4.